The second kappa shape index (κ2) is 7.09. The van der Waals surface area contributed by atoms with Gasteiger partial charge in [0.25, 0.3) is 5.91 Å². The summed E-state index contributed by atoms with van der Waals surface area (Å²) in [5, 5.41) is 0. The van der Waals surface area contributed by atoms with Gasteiger partial charge < -0.3 is 16.2 Å². The van der Waals surface area contributed by atoms with Crippen molar-refractivity contribution in [2.24, 2.45) is 5.73 Å². The minimum absolute atomic E-state index is 0.236. The number of nitrogen functional groups attached to an aromatic ring is 1. The lowest BCUT2D eigenvalue weighted by Gasteiger charge is -2.30. The normalized spacial score (nSPS) is 11.3. The van der Waals surface area contributed by atoms with Gasteiger partial charge in [0.05, 0.1) is 17.4 Å². The molecule has 0 aliphatic heterocycles. The van der Waals surface area contributed by atoms with Crippen LogP contribution < -0.4 is 16.2 Å². The Morgan fingerprint density at radius 3 is 2.45 bits per heavy atom. The van der Waals surface area contributed by atoms with Crippen molar-refractivity contribution in [2.75, 3.05) is 18.9 Å². The second-order valence-corrected chi connectivity index (χ2v) is 5.25. The van der Waals surface area contributed by atoms with E-state index in [-0.39, 0.29) is 11.3 Å². The number of ether oxygens (including phenoxy) is 1. The fourth-order valence-electron chi connectivity index (χ4n) is 2.11. The van der Waals surface area contributed by atoms with Gasteiger partial charge >= 0.3 is 0 Å². The molecule has 1 rings (SSSR count). The number of nitrogens with two attached hydrogens (primary N) is 2. The minimum Gasteiger partial charge on any atom is -0.476 e. The van der Waals surface area contributed by atoms with E-state index in [9.17, 15) is 4.79 Å². The molecule has 6 heteroatoms. The summed E-state index contributed by atoms with van der Waals surface area (Å²) in [7, 11) is 0. The van der Waals surface area contributed by atoms with E-state index in [0.717, 1.165) is 6.54 Å². The number of amides is 1. The second-order valence-electron chi connectivity index (χ2n) is 5.25. The van der Waals surface area contributed by atoms with E-state index in [0.29, 0.717) is 24.6 Å². The molecule has 0 aromatic carbocycles. The Labute approximate surface area is 120 Å². The molecular formula is C14H24N4O2. The highest BCUT2D eigenvalue weighted by Crippen LogP contribution is 2.16. The van der Waals surface area contributed by atoms with Crippen LogP contribution in [0.4, 0.5) is 5.69 Å². The Hall–Kier alpha value is -1.82. The number of hydrogen-bond acceptors (Lipinski definition) is 5. The van der Waals surface area contributed by atoms with E-state index in [2.05, 4.69) is 37.6 Å². The Bertz CT molecular complexity index is 452. The Morgan fingerprint density at radius 1 is 1.35 bits per heavy atom. The lowest BCUT2D eigenvalue weighted by molar-refractivity contribution is 0.1000. The average Bonchev–Trinajstić information content (AvgIpc) is 2.35. The molecule has 20 heavy (non-hydrogen) atoms. The molecule has 1 heterocycles. The van der Waals surface area contributed by atoms with Gasteiger partial charge in [0.2, 0.25) is 5.88 Å². The molecule has 112 valence electrons. The third kappa shape index (κ3) is 4.38. The van der Waals surface area contributed by atoms with Crippen molar-refractivity contribution in [1.82, 2.24) is 9.88 Å². The fraction of sp³-hybridized carbons (Fsp3) is 0.571. The van der Waals surface area contributed by atoms with E-state index in [4.69, 9.17) is 16.2 Å². The predicted octanol–water partition coefficient (Wildman–Crippen LogP) is 1.26. The lowest BCUT2D eigenvalue weighted by Crippen LogP contribution is -2.39. The standard InChI is InChI=1S/C14H24N4O2/c1-9(2)18(10(3)4)5-6-20-13-7-11(14(16)19)12(15)8-17-13/h7-10H,5-6,15H2,1-4H3,(H2,16,19). The van der Waals surface area contributed by atoms with Crippen molar-refractivity contribution < 1.29 is 9.53 Å². The molecular weight excluding hydrogens is 256 g/mol. The quantitative estimate of drug-likeness (QED) is 0.784. The number of hydrogen-bond donors (Lipinski definition) is 2. The predicted molar refractivity (Wildman–Crippen MR) is 79.6 cm³/mol. The summed E-state index contributed by atoms with van der Waals surface area (Å²) in [6.45, 7) is 9.86. The molecule has 0 bridgehead atoms. The summed E-state index contributed by atoms with van der Waals surface area (Å²) < 4.78 is 5.57. The van der Waals surface area contributed by atoms with Crippen LogP contribution in [0.3, 0.4) is 0 Å². The number of primary amides is 1. The molecule has 1 aromatic rings. The van der Waals surface area contributed by atoms with Crippen LogP contribution in [0, 0.1) is 0 Å². The van der Waals surface area contributed by atoms with Crippen molar-refractivity contribution in [1.29, 1.82) is 0 Å². The third-order valence-corrected chi connectivity index (χ3v) is 3.10. The summed E-state index contributed by atoms with van der Waals surface area (Å²) in [4.78, 5) is 17.5. The van der Waals surface area contributed by atoms with Gasteiger partial charge in [-0.25, -0.2) is 4.98 Å². The summed E-state index contributed by atoms with van der Waals surface area (Å²) in [5.41, 5.74) is 11.3. The highest BCUT2D eigenvalue weighted by molar-refractivity contribution is 5.97. The van der Waals surface area contributed by atoms with E-state index >= 15 is 0 Å². The number of carbonyl (C=O) groups is 1. The zero-order valence-corrected chi connectivity index (χ0v) is 12.6. The number of anilines is 1. The number of nitrogens with zero attached hydrogens (tertiary/aromatic N) is 2. The fourth-order valence-corrected chi connectivity index (χ4v) is 2.11. The van der Waals surface area contributed by atoms with Crippen molar-refractivity contribution in [3.63, 3.8) is 0 Å². The summed E-state index contributed by atoms with van der Waals surface area (Å²) in [5.74, 6) is -0.221. The number of carbonyl (C=O) groups excluding carboxylic acids is 1. The highest BCUT2D eigenvalue weighted by atomic mass is 16.5. The maximum Gasteiger partial charge on any atom is 0.251 e. The van der Waals surface area contributed by atoms with Crippen molar-refractivity contribution in [3.8, 4) is 5.88 Å². The van der Waals surface area contributed by atoms with Crippen LogP contribution >= 0.6 is 0 Å². The largest absolute Gasteiger partial charge is 0.476 e. The molecule has 0 unspecified atom stereocenters. The monoisotopic (exact) mass is 280 g/mol. The smallest absolute Gasteiger partial charge is 0.251 e. The van der Waals surface area contributed by atoms with Gasteiger partial charge in [-0.05, 0) is 27.7 Å². The Kier molecular flexibility index (Phi) is 5.76. The molecule has 0 spiro atoms. The van der Waals surface area contributed by atoms with Crippen molar-refractivity contribution in [2.45, 2.75) is 39.8 Å². The van der Waals surface area contributed by atoms with Gasteiger partial charge in [0, 0.05) is 24.7 Å². The van der Waals surface area contributed by atoms with Crippen LogP contribution in [0.5, 0.6) is 5.88 Å². The first-order valence-corrected chi connectivity index (χ1v) is 6.76. The molecule has 0 aliphatic carbocycles. The van der Waals surface area contributed by atoms with Gasteiger partial charge in [0.15, 0.2) is 0 Å². The molecule has 1 aromatic heterocycles. The third-order valence-electron chi connectivity index (χ3n) is 3.10. The Morgan fingerprint density at radius 2 is 1.95 bits per heavy atom. The van der Waals surface area contributed by atoms with Gasteiger partial charge in [-0.3, -0.25) is 9.69 Å². The number of pyridine rings is 1. The maximum atomic E-state index is 11.2. The van der Waals surface area contributed by atoms with Crippen molar-refractivity contribution >= 4 is 11.6 Å². The molecule has 6 nitrogen and oxygen atoms in total. The van der Waals surface area contributed by atoms with Crippen LogP contribution in [0.25, 0.3) is 0 Å². The zero-order chi connectivity index (χ0) is 15.3. The molecule has 0 saturated heterocycles. The molecule has 0 radical (unpaired) electrons. The van der Waals surface area contributed by atoms with Crippen LogP contribution in [0.1, 0.15) is 38.1 Å². The topological polar surface area (TPSA) is 94.5 Å². The summed E-state index contributed by atoms with van der Waals surface area (Å²) >= 11 is 0. The molecule has 0 atom stereocenters. The number of aromatic nitrogens is 1. The Balaban J connectivity index is 2.62. The first-order valence-electron chi connectivity index (χ1n) is 6.76. The van der Waals surface area contributed by atoms with Crippen LogP contribution in [-0.2, 0) is 0 Å². The van der Waals surface area contributed by atoms with Crippen LogP contribution in [0.15, 0.2) is 12.3 Å². The van der Waals surface area contributed by atoms with Gasteiger partial charge in [-0.15, -0.1) is 0 Å². The molecule has 0 fully saturated rings. The average molecular weight is 280 g/mol. The molecule has 4 N–H and O–H groups in total. The lowest BCUT2D eigenvalue weighted by atomic mass is 10.2. The van der Waals surface area contributed by atoms with Gasteiger partial charge in [0.1, 0.15) is 6.61 Å². The van der Waals surface area contributed by atoms with Gasteiger partial charge in [-0.1, -0.05) is 0 Å². The maximum absolute atomic E-state index is 11.2. The van der Waals surface area contributed by atoms with Crippen LogP contribution in [0.2, 0.25) is 0 Å². The molecule has 0 aliphatic rings. The van der Waals surface area contributed by atoms with E-state index in [1.54, 1.807) is 0 Å². The van der Waals surface area contributed by atoms with Crippen LogP contribution in [-0.4, -0.2) is 41.0 Å². The first kappa shape index (κ1) is 16.2. The minimum atomic E-state index is -0.583. The first-order chi connectivity index (χ1) is 9.32. The molecule has 0 saturated carbocycles. The van der Waals surface area contributed by atoms with Gasteiger partial charge in [-0.2, -0.15) is 0 Å². The highest BCUT2D eigenvalue weighted by Gasteiger charge is 2.13. The van der Waals surface area contributed by atoms with Crippen molar-refractivity contribution in [3.05, 3.63) is 17.8 Å². The number of rotatable bonds is 7. The zero-order valence-electron chi connectivity index (χ0n) is 12.6. The van der Waals surface area contributed by atoms with E-state index in [1.165, 1.54) is 12.3 Å². The van der Waals surface area contributed by atoms with E-state index < -0.39 is 5.91 Å². The van der Waals surface area contributed by atoms with E-state index in [1.807, 2.05) is 0 Å². The summed E-state index contributed by atoms with van der Waals surface area (Å²) in [6, 6.07) is 2.37. The SMILES string of the molecule is CC(C)N(CCOc1cc(C(N)=O)c(N)cn1)C(C)C. The molecule has 1 amide bonds. The summed E-state index contributed by atoms with van der Waals surface area (Å²) in [6.07, 6.45) is 1.39.